The molecule has 1 rings (SSSR count). The zero-order valence-electron chi connectivity index (χ0n) is 15.2. The highest BCUT2D eigenvalue weighted by Gasteiger charge is 2.08. The molecule has 0 amide bonds. The van der Waals surface area contributed by atoms with E-state index in [-0.39, 0.29) is 0 Å². The second kappa shape index (κ2) is 10.9. The van der Waals surface area contributed by atoms with Gasteiger partial charge >= 0.3 is 0 Å². The lowest BCUT2D eigenvalue weighted by Gasteiger charge is -2.14. The van der Waals surface area contributed by atoms with Crippen LogP contribution in [0.2, 0.25) is 0 Å². The Kier molecular flexibility index (Phi) is 8.82. The van der Waals surface area contributed by atoms with Gasteiger partial charge < -0.3 is 20.5 Å². The van der Waals surface area contributed by atoms with Gasteiger partial charge in [0.2, 0.25) is 0 Å². The first kappa shape index (κ1) is 20.3. The van der Waals surface area contributed by atoms with Crippen molar-refractivity contribution < 1.29 is 9.47 Å². The second-order valence-corrected chi connectivity index (χ2v) is 5.16. The quantitative estimate of drug-likeness (QED) is 0.384. The Morgan fingerprint density at radius 1 is 1.24 bits per heavy atom. The number of rotatable bonds is 10. The van der Waals surface area contributed by atoms with Crippen molar-refractivity contribution in [3.05, 3.63) is 66.5 Å². The number of allylic oxidation sites excluding steroid dienone is 3. The molecule has 0 atom stereocenters. The topological polar surface area (TPSA) is 68.9 Å². The first-order valence-corrected chi connectivity index (χ1v) is 8.01. The van der Waals surface area contributed by atoms with E-state index in [2.05, 4.69) is 23.5 Å². The molecule has 25 heavy (non-hydrogen) atoms. The van der Waals surface area contributed by atoms with E-state index < -0.39 is 0 Å². The molecular formula is C20H27N3O2. The molecule has 134 valence electrons. The van der Waals surface area contributed by atoms with Gasteiger partial charge in [0.1, 0.15) is 12.4 Å². The van der Waals surface area contributed by atoms with Gasteiger partial charge in [-0.25, -0.2) is 0 Å². The Morgan fingerprint density at radius 2 is 2.00 bits per heavy atom. The summed E-state index contributed by atoms with van der Waals surface area (Å²) in [5.41, 5.74) is 9.41. The molecule has 0 heterocycles. The van der Waals surface area contributed by atoms with Crippen LogP contribution >= 0.6 is 0 Å². The fraction of sp³-hybridized carbons (Fsp3) is 0.250. The number of benzene rings is 1. The number of hydrogen-bond donors (Lipinski definition) is 2. The maximum Gasteiger partial charge on any atom is 0.121 e. The van der Waals surface area contributed by atoms with Gasteiger partial charge in [0.15, 0.2) is 0 Å². The van der Waals surface area contributed by atoms with Crippen molar-refractivity contribution in [2.75, 3.05) is 20.3 Å². The van der Waals surface area contributed by atoms with E-state index in [9.17, 15) is 0 Å². The van der Waals surface area contributed by atoms with Crippen LogP contribution in [0.25, 0.3) is 5.70 Å². The van der Waals surface area contributed by atoms with Crippen LogP contribution in [0.15, 0.2) is 66.0 Å². The zero-order valence-corrected chi connectivity index (χ0v) is 15.2. The summed E-state index contributed by atoms with van der Waals surface area (Å²) < 4.78 is 10.6. The molecule has 0 fully saturated rings. The van der Waals surface area contributed by atoms with E-state index in [1.165, 1.54) is 0 Å². The van der Waals surface area contributed by atoms with Crippen LogP contribution in [0.4, 0.5) is 5.69 Å². The summed E-state index contributed by atoms with van der Waals surface area (Å²) in [7, 11) is 1.64. The Hall–Kier alpha value is -2.79. The van der Waals surface area contributed by atoms with Gasteiger partial charge in [-0.05, 0) is 38.1 Å². The predicted molar refractivity (Wildman–Crippen MR) is 106 cm³/mol. The van der Waals surface area contributed by atoms with E-state index in [0.717, 1.165) is 17.0 Å². The van der Waals surface area contributed by atoms with Crippen LogP contribution in [0.3, 0.4) is 0 Å². The van der Waals surface area contributed by atoms with Crippen molar-refractivity contribution in [2.45, 2.75) is 13.8 Å². The fourth-order valence-corrected chi connectivity index (χ4v) is 1.94. The Labute approximate surface area is 150 Å². The normalized spacial score (nSPS) is 11.9. The van der Waals surface area contributed by atoms with Crippen molar-refractivity contribution in [1.82, 2.24) is 5.32 Å². The number of hydrogen-bond acceptors (Lipinski definition) is 5. The van der Waals surface area contributed by atoms with E-state index in [0.29, 0.717) is 30.3 Å². The monoisotopic (exact) mass is 341 g/mol. The molecule has 3 N–H and O–H groups in total. The molecule has 0 saturated heterocycles. The number of nitrogens with one attached hydrogen (secondary N) is 1. The minimum atomic E-state index is 0.484. The Balaban J connectivity index is 2.89. The molecule has 0 bridgehead atoms. The first-order chi connectivity index (χ1) is 12.0. The highest BCUT2D eigenvalue weighted by Crippen LogP contribution is 2.29. The first-order valence-electron chi connectivity index (χ1n) is 8.01. The van der Waals surface area contributed by atoms with Crippen LogP contribution in [0, 0.1) is 0 Å². The van der Waals surface area contributed by atoms with Gasteiger partial charge in [0.05, 0.1) is 12.3 Å². The minimum Gasteiger partial charge on any atom is -0.491 e. The lowest BCUT2D eigenvalue weighted by atomic mass is 10.1. The average Bonchev–Trinajstić information content (AvgIpc) is 2.60. The van der Waals surface area contributed by atoms with Crippen LogP contribution in [0.1, 0.15) is 19.4 Å². The van der Waals surface area contributed by atoms with Crippen molar-refractivity contribution in [3.63, 3.8) is 0 Å². The third kappa shape index (κ3) is 7.10. The molecule has 0 saturated carbocycles. The lowest BCUT2D eigenvalue weighted by Crippen LogP contribution is -2.09. The molecule has 0 spiro atoms. The molecule has 0 aromatic heterocycles. The van der Waals surface area contributed by atoms with Gasteiger partial charge in [-0.3, -0.25) is 4.99 Å². The highest BCUT2D eigenvalue weighted by molar-refractivity contribution is 5.77. The Bertz CT molecular complexity index is 688. The third-order valence-corrected chi connectivity index (χ3v) is 3.24. The van der Waals surface area contributed by atoms with Crippen LogP contribution in [-0.4, -0.2) is 26.5 Å². The van der Waals surface area contributed by atoms with E-state index in [1.807, 2.05) is 38.1 Å². The van der Waals surface area contributed by atoms with Crippen molar-refractivity contribution in [1.29, 1.82) is 0 Å². The Morgan fingerprint density at radius 3 is 2.64 bits per heavy atom. The fourth-order valence-electron chi connectivity index (χ4n) is 1.94. The largest absolute Gasteiger partial charge is 0.491 e. The standard InChI is InChI=1S/C20H27N3O2/c1-6-17(21)9-8-15(3)23-16(4)19-11-10-18(25-13-12-24-5)14-20(19)22-7-2/h6-11,14,23H,3-4,12-13,21H2,1-2,5H3/b9-8-,17-6+,22-7?. The average molecular weight is 341 g/mol. The van der Waals surface area contributed by atoms with E-state index >= 15 is 0 Å². The van der Waals surface area contributed by atoms with Gasteiger partial charge in [0, 0.05) is 42.0 Å². The molecule has 0 radical (unpaired) electrons. The summed E-state index contributed by atoms with van der Waals surface area (Å²) in [6.45, 7) is 12.8. The van der Waals surface area contributed by atoms with Gasteiger partial charge in [0.25, 0.3) is 0 Å². The lowest BCUT2D eigenvalue weighted by molar-refractivity contribution is 0.146. The van der Waals surface area contributed by atoms with E-state index in [1.54, 1.807) is 25.5 Å². The number of methoxy groups -OCH3 is 1. The highest BCUT2D eigenvalue weighted by atomic mass is 16.5. The third-order valence-electron chi connectivity index (χ3n) is 3.24. The zero-order chi connectivity index (χ0) is 18.7. The maximum atomic E-state index is 5.73. The minimum absolute atomic E-state index is 0.484. The predicted octanol–water partition coefficient (Wildman–Crippen LogP) is 3.93. The van der Waals surface area contributed by atoms with Crippen molar-refractivity contribution in [3.8, 4) is 5.75 Å². The van der Waals surface area contributed by atoms with Gasteiger partial charge in [-0.1, -0.05) is 19.2 Å². The summed E-state index contributed by atoms with van der Waals surface area (Å²) in [4.78, 5) is 4.40. The molecule has 0 aliphatic heterocycles. The number of nitrogens with two attached hydrogens (primary N) is 1. The van der Waals surface area contributed by atoms with Crippen LogP contribution < -0.4 is 15.8 Å². The SMILES string of the molecule is C=C(/C=C\C(N)=C/C)NC(=C)c1ccc(OCCOC)cc1N=CC. The number of aliphatic imine (C=N–C) groups is 1. The molecule has 0 aliphatic rings. The molecular weight excluding hydrogens is 314 g/mol. The molecule has 1 aromatic carbocycles. The maximum absolute atomic E-state index is 5.73. The summed E-state index contributed by atoms with van der Waals surface area (Å²) in [6.07, 6.45) is 7.12. The molecule has 5 heteroatoms. The molecule has 0 aliphatic carbocycles. The summed E-state index contributed by atoms with van der Waals surface area (Å²) >= 11 is 0. The van der Waals surface area contributed by atoms with Gasteiger partial charge in [-0.15, -0.1) is 0 Å². The molecule has 5 nitrogen and oxygen atoms in total. The van der Waals surface area contributed by atoms with Crippen LogP contribution in [0.5, 0.6) is 5.75 Å². The van der Waals surface area contributed by atoms with Crippen LogP contribution in [-0.2, 0) is 4.74 Å². The van der Waals surface area contributed by atoms with Crippen molar-refractivity contribution >= 4 is 17.6 Å². The van der Waals surface area contributed by atoms with E-state index in [4.69, 9.17) is 15.2 Å². The molecule has 0 unspecified atom stereocenters. The molecule has 1 aromatic rings. The number of nitrogens with zero attached hydrogens (tertiary/aromatic N) is 1. The second-order valence-electron chi connectivity index (χ2n) is 5.16. The summed E-state index contributed by atoms with van der Waals surface area (Å²) in [5, 5.41) is 3.15. The van der Waals surface area contributed by atoms with Crippen molar-refractivity contribution in [2.24, 2.45) is 10.7 Å². The number of ether oxygens (including phenoxy) is 2. The smallest absolute Gasteiger partial charge is 0.121 e. The summed E-state index contributed by atoms with van der Waals surface area (Å²) in [5.74, 6) is 0.730. The summed E-state index contributed by atoms with van der Waals surface area (Å²) in [6, 6.07) is 5.66. The van der Waals surface area contributed by atoms with Gasteiger partial charge in [-0.2, -0.15) is 0 Å².